The average molecular weight is 285 g/mol. The van der Waals surface area contributed by atoms with Gasteiger partial charge in [0.05, 0.1) is 6.61 Å². The number of hydrogen-bond acceptors (Lipinski definition) is 3. The molecule has 2 rings (SSSR count). The minimum absolute atomic E-state index is 0.343. The Bertz CT molecular complexity index is 610. The predicted molar refractivity (Wildman–Crippen MR) is 82.6 cm³/mol. The molecule has 4 heteroatoms. The number of amides is 1. The van der Waals surface area contributed by atoms with Gasteiger partial charge in [-0.1, -0.05) is 35.9 Å². The molecule has 0 aliphatic carbocycles. The van der Waals surface area contributed by atoms with Gasteiger partial charge in [-0.15, -0.1) is 0 Å². The standard InChI is InChI=1S/C17H19NO3/c1-3-20-17(19)18-15-8-5-9-16(11-15)21-12-14-7-4-6-13(2)10-14/h4-11H,3,12H2,1-2H3,(H,18,19). The maximum absolute atomic E-state index is 11.4. The topological polar surface area (TPSA) is 47.6 Å². The quantitative estimate of drug-likeness (QED) is 0.898. The lowest BCUT2D eigenvalue weighted by Gasteiger charge is -2.09. The lowest BCUT2D eigenvalue weighted by molar-refractivity contribution is 0.168. The Kier molecular flexibility index (Phi) is 5.21. The van der Waals surface area contributed by atoms with Crippen LogP contribution in [0.2, 0.25) is 0 Å². The summed E-state index contributed by atoms with van der Waals surface area (Å²) >= 11 is 0. The zero-order valence-electron chi connectivity index (χ0n) is 12.3. The number of anilines is 1. The molecule has 4 nitrogen and oxygen atoms in total. The molecule has 0 aliphatic heterocycles. The van der Waals surface area contributed by atoms with Crippen molar-refractivity contribution < 1.29 is 14.3 Å². The summed E-state index contributed by atoms with van der Waals surface area (Å²) in [6.45, 7) is 4.65. The van der Waals surface area contributed by atoms with Gasteiger partial charge < -0.3 is 9.47 Å². The van der Waals surface area contributed by atoms with Crippen LogP contribution in [0.25, 0.3) is 0 Å². The van der Waals surface area contributed by atoms with Gasteiger partial charge in [-0.3, -0.25) is 5.32 Å². The van der Waals surface area contributed by atoms with Crippen LogP contribution >= 0.6 is 0 Å². The highest BCUT2D eigenvalue weighted by atomic mass is 16.5. The summed E-state index contributed by atoms with van der Waals surface area (Å²) in [5.74, 6) is 0.700. The minimum Gasteiger partial charge on any atom is -0.489 e. The van der Waals surface area contributed by atoms with Crippen LogP contribution in [0.4, 0.5) is 10.5 Å². The van der Waals surface area contributed by atoms with Crippen molar-refractivity contribution in [3.8, 4) is 5.75 Å². The van der Waals surface area contributed by atoms with Crippen molar-refractivity contribution in [1.82, 2.24) is 0 Å². The Morgan fingerprint density at radius 1 is 1.14 bits per heavy atom. The molecule has 0 saturated carbocycles. The third kappa shape index (κ3) is 4.84. The molecule has 0 bridgehead atoms. The van der Waals surface area contributed by atoms with Crippen molar-refractivity contribution in [2.45, 2.75) is 20.5 Å². The lowest BCUT2D eigenvalue weighted by atomic mass is 10.1. The number of aryl methyl sites for hydroxylation is 1. The Labute approximate surface area is 124 Å². The van der Waals surface area contributed by atoms with Gasteiger partial charge in [-0.05, 0) is 31.5 Å². The fourth-order valence-electron chi connectivity index (χ4n) is 1.92. The van der Waals surface area contributed by atoms with Crippen molar-refractivity contribution in [2.24, 2.45) is 0 Å². The zero-order chi connectivity index (χ0) is 15.1. The van der Waals surface area contributed by atoms with Crippen LogP contribution in [0.15, 0.2) is 48.5 Å². The van der Waals surface area contributed by atoms with Gasteiger partial charge in [0.15, 0.2) is 0 Å². The van der Waals surface area contributed by atoms with Crippen molar-refractivity contribution in [2.75, 3.05) is 11.9 Å². The molecular weight excluding hydrogens is 266 g/mol. The highest BCUT2D eigenvalue weighted by Gasteiger charge is 2.03. The van der Waals surface area contributed by atoms with Crippen molar-refractivity contribution in [1.29, 1.82) is 0 Å². The molecule has 0 saturated heterocycles. The number of benzene rings is 2. The molecule has 2 aromatic carbocycles. The molecule has 0 aliphatic rings. The van der Waals surface area contributed by atoms with E-state index in [4.69, 9.17) is 9.47 Å². The van der Waals surface area contributed by atoms with Crippen molar-refractivity contribution in [3.05, 3.63) is 59.7 Å². The number of carbonyl (C=O) groups is 1. The summed E-state index contributed by atoms with van der Waals surface area (Å²) in [5, 5.41) is 2.65. The molecule has 0 unspecified atom stereocenters. The van der Waals surface area contributed by atoms with E-state index in [0.29, 0.717) is 24.7 Å². The highest BCUT2D eigenvalue weighted by Crippen LogP contribution is 2.19. The zero-order valence-corrected chi connectivity index (χ0v) is 12.3. The van der Waals surface area contributed by atoms with Gasteiger partial charge in [0.2, 0.25) is 0 Å². The van der Waals surface area contributed by atoms with E-state index < -0.39 is 6.09 Å². The van der Waals surface area contributed by atoms with Crippen molar-refractivity contribution in [3.63, 3.8) is 0 Å². The number of nitrogens with one attached hydrogen (secondary N) is 1. The molecule has 1 N–H and O–H groups in total. The van der Waals surface area contributed by atoms with E-state index in [-0.39, 0.29) is 0 Å². The van der Waals surface area contributed by atoms with E-state index in [1.165, 1.54) is 5.56 Å². The van der Waals surface area contributed by atoms with E-state index >= 15 is 0 Å². The predicted octanol–water partition coefficient (Wildman–Crippen LogP) is 4.14. The lowest BCUT2D eigenvalue weighted by Crippen LogP contribution is -2.13. The molecule has 2 aromatic rings. The van der Waals surface area contributed by atoms with E-state index in [0.717, 1.165) is 5.56 Å². The first kappa shape index (κ1) is 14.9. The third-order valence-corrected chi connectivity index (χ3v) is 2.84. The summed E-state index contributed by atoms with van der Waals surface area (Å²) in [6, 6.07) is 15.4. The summed E-state index contributed by atoms with van der Waals surface area (Å²) in [6.07, 6.45) is -0.465. The summed E-state index contributed by atoms with van der Waals surface area (Å²) in [4.78, 5) is 11.4. The molecular formula is C17H19NO3. The number of rotatable bonds is 5. The first-order chi connectivity index (χ1) is 10.2. The Balaban J connectivity index is 1.96. The third-order valence-electron chi connectivity index (χ3n) is 2.84. The second-order valence-electron chi connectivity index (χ2n) is 4.65. The highest BCUT2D eigenvalue weighted by molar-refractivity contribution is 5.84. The molecule has 0 fully saturated rings. The second kappa shape index (κ2) is 7.33. The van der Waals surface area contributed by atoms with E-state index in [1.54, 1.807) is 19.1 Å². The van der Waals surface area contributed by atoms with Gasteiger partial charge in [0.25, 0.3) is 0 Å². The van der Waals surface area contributed by atoms with Crippen LogP contribution in [0.3, 0.4) is 0 Å². The Morgan fingerprint density at radius 2 is 1.95 bits per heavy atom. The molecule has 0 spiro atoms. The fraction of sp³-hybridized carbons (Fsp3) is 0.235. The molecule has 0 radical (unpaired) electrons. The van der Waals surface area contributed by atoms with Crippen LogP contribution < -0.4 is 10.1 Å². The number of ether oxygens (including phenoxy) is 2. The molecule has 0 aromatic heterocycles. The fourth-order valence-corrected chi connectivity index (χ4v) is 1.92. The SMILES string of the molecule is CCOC(=O)Nc1cccc(OCc2cccc(C)c2)c1. The maximum Gasteiger partial charge on any atom is 0.411 e. The average Bonchev–Trinajstić information content (AvgIpc) is 2.46. The van der Waals surface area contributed by atoms with E-state index in [1.807, 2.05) is 37.3 Å². The van der Waals surface area contributed by atoms with Gasteiger partial charge in [0.1, 0.15) is 12.4 Å². The van der Waals surface area contributed by atoms with Crippen molar-refractivity contribution >= 4 is 11.8 Å². The maximum atomic E-state index is 11.4. The first-order valence-corrected chi connectivity index (χ1v) is 6.89. The number of hydrogen-bond donors (Lipinski definition) is 1. The minimum atomic E-state index is -0.465. The summed E-state index contributed by atoms with van der Waals surface area (Å²) < 4.78 is 10.6. The monoisotopic (exact) mass is 285 g/mol. The largest absolute Gasteiger partial charge is 0.489 e. The smallest absolute Gasteiger partial charge is 0.411 e. The van der Waals surface area contributed by atoms with Crippen LogP contribution in [-0.2, 0) is 11.3 Å². The van der Waals surface area contributed by atoms with Crippen LogP contribution in [0.5, 0.6) is 5.75 Å². The van der Waals surface area contributed by atoms with Gasteiger partial charge in [-0.2, -0.15) is 0 Å². The molecule has 110 valence electrons. The molecule has 0 atom stereocenters. The van der Waals surface area contributed by atoms with Crippen LogP contribution in [-0.4, -0.2) is 12.7 Å². The van der Waals surface area contributed by atoms with Crippen LogP contribution in [0, 0.1) is 6.92 Å². The Hall–Kier alpha value is -2.49. The molecule has 1 amide bonds. The second-order valence-corrected chi connectivity index (χ2v) is 4.65. The van der Waals surface area contributed by atoms with E-state index in [2.05, 4.69) is 11.4 Å². The molecule has 21 heavy (non-hydrogen) atoms. The Morgan fingerprint density at radius 3 is 2.71 bits per heavy atom. The summed E-state index contributed by atoms with van der Waals surface area (Å²) in [5.41, 5.74) is 2.96. The van der Waals surface area contributed by atoms with Crippen LogP contribution in [0.1, 0.15) is 18.1 Å². The first-order valence-electron chi connectivity index (χ1n) is 6.89. The summed E-state index contributed by atoms with van der Waals surface area (Å²) in [7, 11) is 0. The normalized spacial score (nSPS) is 10.0. The van der Waals surface area contributed by atoms with Gasteiger partial charge >= 0.3 is 6.09 Å². The molecule has 0 heterocycles. The number of carbonyl (C=O) groups excluding carboxylic acids is 1. The van der Waals surface area contributed by atoms with Gasteiger partial charge in [-0.25, -0.2) is 4.79 Å². The van der Waals surface area contributed by atoms with Gasteiger partial charge in [0, 0.05) is 11.8 Å². The van der Waals surface area contributed by atoms with E-state index in [9.17, 15) is 4.79 Å².